The quantitative estimate of drug-likeness (QED) is 0.841. The molecule has 0 bridgehead atoms. The van der Waals surface area contributed by atoms with Gasteiger partial charge >= 0.3 is 0 Å². The van der Waals surface area contributed by atoms with Crippen LogP contribution in [0.3, 0.4) is 0 Å². The van der Waals surface area contributed by atoms with Gasteiger partial charge in [0.2, 0.25) is 0 Å². The topological polar surface area (TPSA) is 29.5 Å². The van der Waals surface area contributed by atoms with Crippen LogP contribution in [0, 0.1) is 13.8 Å². The summed E-state index contributed by atoms with van der Waals surface area (Å²) >= 11 is 3.57. The molecular formula is C14H20BrNO2S. The lowest BCUT2D eigenvalue weighted by atomic mass is 10.1. The van der Waals surface area contributed by atoms with Crippen LogP contribution in [0.1, 0.15) is 24.0 Å². The Balaban J connectivity index is 1.98. The average molecular weight is 346 g/mol. The zero-order chi connectivity index (χ0) is 14.0. The van der Waals surface area contributed by atoms with Gasteiger partial charge in [-0.1, -0.05) is 15.9 Å². The third kappa shape index (κ3) is 3.80. The highest BCUT2D eigenvalue weighted by Crippen LogP contribution is 2.28. The predicted octanol–water partition coefficient (Wildman–Crippen LogP) is 3.20. The molecule has 2 rings (SSSR count). The normalized spacial score (nSPS) is 19.4. The second kappa shape index (κ2) is 6.37. The molecule has 1 fully saturated rings. The predicted molar refractivity (Wildman–Crippen MR) is 82.9 cm³/mol. The zero-order valence-electron chi connectivity index (χ0n) is 11.6. The second-order valence-electron chi connectivity index (χ2n) is 5.04. The molecule has 1 saturated heterocycles. The van der Waals surface area contributed by atoms with Crippen molar-refractivity contribution in [3.63, 3.8) is 0 Å². The van der Waals surface area contributed by atoms with Gasteiger partial charge < -0.3 is 4.74 Å². The second-order valence-corrected chi connectivity index (χ2v) is 7.20. The highest BCUT2D eigenvalue weighted by molar-refractivity contribution is 9.10. The Morgan fingerprint density at radius 2 is 1.79 bits per heavy atom. The van der Waals surface area contributed by atoms with Gasteiger partial charge in [-0.05, 0) is 49.9 Å². The van der Waals surface area contributed by atoms with E-state index in [1.54, 1.807) is 6.26 Å². The minimum Gasteiger partial charge on any atom is -0.490 e. The molecule has 0 radical (unpaired) electrons. The van der Waals surface area contributed by atoms with Gasteiger partial charge in [0.15, 0.2) is 0 Å². The van der Waals surface area contributed by atoms with Crippen molar-refractivity contribution in [2.45, 2.75) is 32.8 Å². The molecule has 1 unspecified atom stereocenters. The van der Waals surface area contributed by atoms with Gasteiger partial charge in [0.1, 0.15) is 11.9 Å². The van der Waals surface area contributed by atoms with Crippen LogP contribution in [0.4, 0.5) is 0 Å². The maximum atomic E-state index is 11.4. The van der Waals surface area contributed by atoms with Gasteiger partial charge in [0.25, 0.3) is 0 Å². The highest BCUT2D eigenvalue weighted by Gasteiger charge is 2.22. The number of hydrogen-bond donors (Lipinski definition) is 0. The molecular weight excluding hydrogens is 326 g/mol. The summed E-state index contributed by atoms with van der Waals surface area (Å²) in [7, 11) is -0.852. The number of piperidine rings is 1. The number of hydrogen-bond acceptors (Lipinski definition) is 2. The van der Waals surface area contributed by atoms with Crippen LogP contribution < -0.4 is 4.74 Å². The number of benzene rings is 1. The fraction of sp³-hybridized carbons (Fsp3) is 0.571. The standard InChI is InChI=1S/C14H20BrNO2S/c1-10-8-13(9-11(2)14(10)15)18-12-4-6-16(7-5-12)19(3)17/h8-9,12H,4-7H2,1-3H3. The molecule has 1 atom stereocenters. The molecule has 0 spiro atoms. The van der Waals surface area contributed by atoms with Crippen molar-refractivity contribution >= 4 is 26.9 Å². The molecule has 106 valence electrons. The van der Waals surface area contributed by atoms with Crippen molar-refractivity contribution in [3.8, 4) is 5.75 Å². The fourth-order valence-electron chi connectivity index (χ4n) is 2.37. The van der Waals surface area contributed by atoms with Gasteiger partial charge in [0, 0.05) is 23.8 Å². The fourth-order valence-corrected chi connectivity index (χ4v) is 3.33. The summed E-state index contributed by atoms with van der Waals surface area (Å²) in [5.41, 5.74) is 2.39. The molecule has 1 aromatic carbocycles. The summed E-state index contributed by atoms with van der Waals surface area (Å²) in [6.07, 6.45) is 3.85. The molecule has 0 aliphatic carbocycles. The van der Waals surface area contributed by atoms with Crippen molar-refractivity contribution in [1.29, 1.82) is 0 Å². The van der Waals surface area contributed by atoms with Crippen LogP contribution in [0.25, 0.3) is 0 Å². The number of aryl methyl sites for hydroxylation is 2. The molecule has 0 saturated carbocycles. The van der Waals surface area contributed by atoms with Crippen LogP contribution in [0.15, 0.2) is 16.6 Å². The lowest BCUT2D eigenvalue weighted by molar-refractivity contribution is 0.137. The van der Waals surface area contributed by atoms with Crippen LogP contribution in [0.5, 0.6) is 5.75 Å². The Bertz CT molecular complexity index is 461. The van der Waals surface area contributed by atoms with Crippen molar-refractivity contribution in [3.05, 3.63) is 27.7 Å². The van der Waals surface area contributed by atoms with E-state index in [-0.39, 0.29) is 6.10 Å². The van der Waals surface area contributed by atoms with E-state index >= 15 is 0 Å². The lowest BCUT2D eigenvalue weighted by Crippen LogP contribution is -2.38. The van der Waals surface area contributed by atoms with E-state index in [0.29, 0.717) is 0 Å². The Labute approximate surface area is 126 Å². The summed E-state index contributed by atoms with van der Waals surface area (Å²) in [4.78, 5) is 0. The summed E-state index contributed by atoms with van der Waals surface area (Å²) in [6, 6.07) is 4.14. The number of ether oxygens (including phenoxy) is 1. The minimum absolute atomic E-state index is 0.236. The van der Waals surface area contributed by atoms with Gasteiger partial charge in [-0.25, -0.2) is 8.51 Å². The first-order chi connectivity index (χ1) is 8.97. The third-order valence-corrected chi connectivity index (χ3v) is 5.82. The zero-order valence-corrected chi connectivity index (χ0v) is 14.0. The van der Waals surface area contributed by atoms with Crippen LogP contribution in [-0.2, 0) is 11.0 Å². The molecule has 0 amide bonds. The van der Waals surface area contributed by atoms with Gasteiger partial charge in [-0.3, -0.25) is 0 Å². The van der Waals surface area contributed by atoms with E-state index in [2.05, 4.69) is 41.9 Å². The molecule has 1 aromatic rings. The average Bonchev–Trinajstić information content (AvgIpc) is 2.36. The SMILES string of the molecule is Cc1cc(OC2CCN(S(C)=O)CC2)cc(C)c1Br. The van der Waals surface area contributed by atoms with Crippen molar-refractivity contribution in [1.82, 2.24) is 4.31 Å². The Morgan fingerprint density at radius 3 is 2.26 bits per heavy atom. The Kier molecular flexibility index (Phi) is 5.03. The minimum atomic E-state index is -0.852. The van der Waals surface area contributed by atoms with Gasteiger partial charge in [0.05, 0.1) is 11.0 Å². The van der Waals surface area contributed by atoms with E-state index in [9.17, 15) is 4.21 Å². The monoisotopic (exact) mass is 345 g/mol. The first-order valence-corrected chi connectivity index (χ1v) is 8.80. The lowest BCUT2D eigenvalue weighted by Gasteiger charge is -2.30. The first kappa shape index (κ1) is 15.0. The summed E-state index contributed by atoms with van der Waals surface area (Å²) in [5, 5.41) is 0. The largest absolute Gasteiger partial charge is 0.490 e. The summed E-state index contributed by atoms with van der Waals surface area (Å²) in [5.74, 6) is 0.939. The Morgan fingerprint density at radius 1 is 1.26 bits per heavy atom. The van der Waals surface area contributed by atoms with E-state index < -0.39 is 11.0 Å². The van der Waals surface area contributed by atoms with Crippen molar-refractivity contribution in [2.75, 3.05) is 19.3 Å². The van der Waals surface area contributed by atoms with E-state index in [1.807, 2.05) is 4.31 Å². The van der Waals surface area contributed by atoms with E-state index in [0.717, 1.165) is 36.2 Å². The molecule has 1 aliphatic heterocycles. The maximum absolute atomic E-state index is 11.4. The Hall–Kier alpha value is -0.390. The molecule has 1 aliphatic rings. The molecule has 0 N–H and O–H groups in total. The van der Waals surface area contributed by atoms with Gasteiger partial charge in [-0.2, -0.15) is 0 Å². The van der Waals surface area contributed by atoms with Crippen LogP contribution >= 0.6 is 15.9 Å². The molecule has 19 heavy (non-hydrogen) atoms. The van der Waals surface area contributed by atoms with Crippen LogP contribution in [0.2, 0.25) is 0 Å². The number of rotatable bonds is 3. The summed E-state index contributed by atoms with van der Waals surface area (Å²) < 4.78 is 20.6. The summed E-state index contributed by atoms with van der Waals surface area (Å²) in [6.45, 7) is 5.85. The third-order valence-electron chi connectivity index (χ3n) is 3.48. The van der Waals surface area contributed by atoms with Crippen LogP contribution in [-0.4, -0.2) is 34.0 Å². The smallest absolute Gasteiger partial charge is 0.120 e. The number of nitrogens with zero attached hydrogens (tertiary/aromatic N) is 1. The van der Waals surface area contributed by atoms with Crippen molar-refractivity contribution < 1.29 is 8.95 Å². The first-order valence-electron chi connectivity index (χ1n) is 6.49. The van der Waals surface area contributed by atoms with Crippen molar-refractivity contribution in [2.24, 2.45) is 0 Å². The van der Waals surface area contributed by atoms with Gasteiger partial charge in [-0.15, -0.1) is 0 Å². The molecule has 1 heterocycles. The maximum Gasteiger partial charge on any atom is 0.120 e. The molecule has 5 heteroatoms. The van der Waals surface area contributed by atoms with E-state index in [1.165, 1.54) is 11.1 Å². The van der Waals surface area contributed by atoms with E-state index in [4.69, 9.17) is 4.74 Å². The number of halogens is 1. The highest BCUT2D eigenvalue weighted by atomic mass is 79.9. The molecule has 3 nitrogen and oxygen atoms in total. The molecule has 0 aromatic heterocycles.